The highest BCUT2D eigenvalue weighted by molar-refractivity contribution is 5.72. The lowest BCUT2D eigenvalue weighted by atomic mass is 9.86. The smallest absolute Gasteiger partial charge is 0.308 e. The van der Waals surface area contributed by atoms with Gasteiger partial charge in [0.25, 0.3) is 0 Å². The van der Waals surface area contributed by atoms with Crippen molar-refractivity contribution >= 4 is 5.97 Å². The lowest BCUT2D eigenvalue weighted by Crippen LogP contribution is -2.31. The molecule has 0 aromatic carbocycles. The van der Waals surface area contributed by atoms with Gasteiger partial charge in [-0.25, -0.2) is 0 Å². The molecule has 4 nitrogen and oxygen atoms in total. The summed E-state index contributed by atoms with van der Waals surface area (Å²) in [6, 6.07) is 0.288. The summed E-state index contributed by atoms with van der Waals surface area (Å²) in [6.45, 7) is 1.28. The number of hydrogen-bond donors (Lipinski definition) is 1. The van der Waals surface area contributed by atoms with E-state index >= 15 is 0 Å². The lowest BCUT2D eigenvalue weighted by Gasteiger charge is -2.24. The van der Waals surface area contributed by atoms with E-state index in [9.17, 15) is 4.79 Å². The van der Waals surface area contributed by atoms with Gasteiger partial charge in [-0.1, -0.05) is 0 Å². The molecule has 15 heavy (non-hydrogen) atoms. The van der Waals surface area contributed by atoms with Crippen molar-refractivity contribution in [3.8, 4) is 0 Å². The van der Waals surface area contributed by atoms with Gasteiger partial charge < -0.3 is 15.4 Å². The van der Waals surface area contributed by atoms with Crippen molar-refractivity contribution in [2.75, 3.05) is 27.2 Å². The number of esters is 1. The number of carbonyl (C=O) groups is 1. The maximum absolute atomic E-state index is 11.6. The molecule has 0 unspecified atom stereocenters. The Kier molecular flexibility index (Phi) is 5.05. The second-order valence-electron chi connectivity index (χ2n) is 4.58. The number of ether oxygens (including phenoxy) is 1. The minimum atomic E-state index is -0.0382. The highest BCUT2D eigenvalue weighted by Gasteiger charge is 2.25. The minimum Gasteiger partial charge on any atom is -0.464 e. The fourth-order valence-corrected chi connectivity index (χ4v) is 1.80. The van der Waals surface area contributed by atoms with Gasteiger partial charge in [0.1, 0.15) is 6.61 Å². The third-order valence-corrected chi connectivity index (χ3v) is 2.89. The van der Waals surface area contributed by atoms with Crippen LogP contribution in [0.3, 0.4) is 0 Å². The SMILES string of the molecule is CN(C)CCOC(=O)C1CCC(N)CC1. The summed E-state index contributed by atoms with van der Waals surface area (Å²) >= 11 is 0. The number of nitrogens with two attached hydrogens (primary N) is 1. The molecule has 1 aliphatic rings. The highest BCUT2D eigenvalue weighted by atomic mass is 16.5. The molecule has 0 bridgehead atoms. The summed E-state index contributed by atoms with van der Waals surface area (Å²) in [7, 11) is 3.93. The molecule has 0 amide bonds. The van der Waals surface area contributed by atoms with E-state index < -0.39 is 0 Å². The Morgan fingerprint density at radius 2 is 1.93 bits per heavy atom. The van der Waals surface area contributed by atoms with Crippen molar-refractivity contribution in [3.63, 3.8) is 0 Å². The van der Waals surface area contributed by atoms with Crippen LogP contribution in [0, 0.1) is 5.92 Å². The van der Waals surface area contributed by atoms with Crippen LogP contribution in [0.2, 0.25) is 0 Å². The first-order valence-electron chi connectivity index (χ1n) is 5.66. The van der Waals surface area contributed by atoms with Crippen LogP contribution in [0.5, 0.6) is 0 Å². The first kappa shape index (κ1) is 12.5. The molecule has 0 heterocycles. The van der Waals surface area contributed by atoms with Crippen LogP contribution in [0.15, 0.2) is 0 Å². The Morgan fingerprint density at radius 3 is 2.47 bits per heavy atom. The number of likely N-dealkylation sites (N-methyl/N-ethyl adjacent to an activating group) is 1. The van der Waals surface area contributed by atoms with Crippen LogP contribution in [-0.2, 0) is 9.53 Å². The van der Waals surface area contributed by atoms with E-state index in [1.165, 1.54) is 0 Å². The van der Waals surface area contributed by atoms with Gasteiger partial charge in [0.2, 0.25) is 0 Å². The van der Waals surface area contributed by atoms with E-state index in [1.54, 1.807) is 0 Å². The molecule has 2 N–H and O–H groups in total. The normalized spacial score (nSPS) is 26.7. The van der Waals surface area contributed by atoms with E-state index in [1.807, 2.05) is 19.0 Å². The molecule has 0 aromatic heterocycles. The zero-order valence-corrected chi connectivity index (χ0v) is 9.74. The quantitative estimate of drug-likeness (QED) is 0.697. The van der Waals surface area contributed by atoms with E-state index in [2.05, 4.69) is 0 Å². The second kappa shape index (κ2) is 6.08. The molecule has 1 saturated carbocycles. The van der Waals surface area contributed by atoms with Crippen LogP contribution in [0.4, 0.5) is 0 Å². The van der Waals surface area contributed by atoms with Gasteiger partial charge in [0.15, 0.2) is 0 Å². The summed E-state index contributed by atoms with van der Waals surface area (Å²) < 4.78 is 5.21. The van der Waals surface area contributed by atoms with Gasteiger partial charge >= 0.3 is 5.97 Å². The van der Waals surface area contributed by atoms with Crippen LogP contribution in [0.1, 0.15) is 25.7 Å². The highest BCUT2D eigenvalue weighted by Crippen LogP contribution is 2.24. The third kappa shape index (κ3) is 4.62. The summed E-state index contributed by atoms with van der Waals surface area (Å²) in [4.78, 5) is 13.6. The van der Waals surface area contributed by atoms with Gasteiger partial charge in [-0.15, -0.1) is 0 Å². The zero-order valence-electron chi connectivity index (χ0n) is 9.74. The van der Waals surface area contributed by atoms with Crippen molar-refractivity contribution in [2.45, 2.75) is 31.7 Å². The Hall–Kier alpha value is -0.610. The minimum absolute atomic E-state index is 0.0382. The van der Waals surface area contributed by atoms with Crippen molar-refractivity contribution in [3.05, 3.63) is 0 Å². The number of rotatable bonds is 4. The number of nitrogens with zero attached hydrogens (tertiary/aromatic N) is 1. The number of carbonyl (C=O) groups excluding carboxylic acids is 1. The molecule has 0 saturated heterocycles. The van der Waals surface area contributed by atoms with Crippen molar-refractivity contribution in [1.29, 1.82) is 0 Å². The topological polar surface area (TPSA) is 55.6 Å². The van der Waals surface area contributed by atoms with E-state index in [0.29, 0.717) is 6.61 Å². The molecule has 0 atom stereocenters. The van der Waals surface area contributed by atoms with Crippen molar-refractivity contribution < 1.29 is 9.53 Å². The predicted octanol–water partition coefficient (Wildman–Crippen LogP) is 0.609. The standard InChI is InChI=1S/C11H22N2O2/c1-13(2)7-8-15-11(14)9-3-5-10(12)6-4-9/h9-10H,3-8,12H2,1-2H3. The van der Waals surface area contributed by atoms with Crippen molar-refractivity contribution in [2.24, 2.45) is 11.7 Å². The van der Waals surface area contributed by atoms with E-state index in [4.69, 9.17) is 10.5 Å². The first-order valence-corrected chi connectivity index (χ1v) is 5.66. The molecular weight excluding hydrogens is 192 g/mol. The van der Waals surface area contributed by atoms with Crippen LogP contribution in [-0.4, -0.2) is 44.2 Å². The largest absolute Gasteiger partial charge is 0.464 e. The lowest BCUT2D eigenvalue weighted by molar-refractivity contribution is -0.150. The average molecular weight is 214 g/mol. The van der Waals surface area contributed by atoms with E-state index in [0.717, 1.165) is 32.2 Å². The maximum atomic E-state index is 11.6. The van der Waals surface area contributed by atoms with Gasteiger partial charge in [0.05, 0.1) is 5.92 Å². The Labute approximate surface area is 91.8 Å². The zero-order chi connectivity index (χ0) is 11.3. The molecule has 1 aliphatic carbocycles. The fraction of sp³-hybridized carbons (Fsp3) is 0.909. The van der Waals surface area contributed by atoms with Crippen LogP contribution < -0.4 is 5.73 Å². The first-order chi connectivity index (χ1) is 7.09. The predicted molar refractivity (Wildman–Crippen MR) is 59.4 cm³/mol. The van der Waals surface area contributed by atoms with Gasteiger partial charge in [-0.3, -0.25) is 4.79 Å². The van der Waals surface area contributed by atoms with Crippen molar-refractivity contribution in [1.82, 2.24) is 4.90 Å². The Bertz CT molecular complexity index is 199. The maximum Gasteiger partial charge on any atom is 0.308 e. The summed E-state index contributed by atoms with van der Waals surface area (Å²) in [5.74, 6) is 0.0516. The molecule has 1 fully saturated rings. The Morgan fingerprint density at radius 1 is 1.33 bits per heavy atom. The van der Waals surface area contributed by atoms with Crippen LogP contribution >= 0.6 is 0 Å². The molecule has 4 heteroatoms. The fourth-order valence-electron chi connectivity index (χ4n) is 1.80. The molecule has 88 valence electrons. The molecule has 0 radical (unpaired) electrons. The number of hydrogen-bond acceptors (Lipinski definition) is 4. The van der Waals surface area contributed by atoms with Gasteiger partial charge in [0, 0.05) is 12.6 Å². The molecule has 0 aliphatic heterocycles. The molecule has 1 rings (SSSR count). The molecule has 0 aromatic rings. The molecule has 0 spiro atoms. The average Bonchev–Trinajstić information content (AvgIpc) is 2.18. The van der Waals surface area contributed by atoms with E-state index in [-0.39, 0.29) is 17.9 Å². The summed E-state index contributed by atoms with van der Waals surface area (Å²) in [5, 5.41) is 0. The van der Waals surface area contributed by atoms with Crippen LogP contribution in [0.25, 0.3) is 0 Å². The monoisotopic (exact) mass is 214 g/mol. The van der Waals surface area contributed by atoms with Gasteiger partial charge in [-0.2, -0.15) is 0 Å². The summed E-state index contributed by atoms with van der Waals surface area (Å²) in [6.07, 6.45) is 3.69. The second-order valence-corrected chi connectivity index (χ2v) is 4.58. The summed E-state index contributed by atoms with van der Waals surface area (Å²) in [5.41, 5.74) is 5.78. The Balaban J connectivity index is 2.17. The molecular formula is C11H22N2O2. The third-order valence-electron chi connectivity index (χ3n) is 2.89. The van der Waals surface area contributed by atoms with Gasteiger partial charge in [-0.05, 0) is 39.8 Å².